The second-order valence-electron chi connectivity index (χ2n) is 4.76. The minimum atomic E-state index is -1.02. The molecule has 20 heavy (non-hydrogen) atoms. The fraction of sp³-hybridized carbons (Fsp3) is 0.429. The summed E-state index contributed by atoms with van der Waals surface area (Å²) in [5.41, 5.74) is 0.622. The number of carbonyl (C=O) groups is 2. The number of carbonyl (C=O) groups excluding carboxylic acids is 1. The maximum absolute atomic E-state index is 11.8. The number of rotatable bonds is 7. The van der Waals surface area contributed by atoms with Crippen LogP contribution in [0.3, 0.4) is 0 Å². The summed E-state index contributed by atoms with van der Waals surface area (Å²) in [5.74, 6) is -1.15. The molecular weight excluding hydrogens is 324 g/mol. The van der Waals surface area contributed by atoms with E-state index in [9.17, 15) is 9.59 Å². The van der Waals surface area contributed by atoms with E-state index in [-0.39, 0.29) is 11.5 Å². The Hall–Kier alpha value is -1.40. The average molecular weight is 343 g/mol. The van der Waals surface area contributed by atoms with E-state index in [2.05, 4.69) is 40.4 Å². The van der Waals surface area contributed by atoms with Gasteiger partial charge in [-0.05, 0) is 47.1 Å². The van der Waals surface area contributed by atoms with E-state index in [4.69, 9.17) is 5.11 Å². The third-order valence-electron chi connectivity index (χ3n) is 2.62. The van der Waals surface area contributed by atoms with Gasteiger partial charge in [0.05, 0.1) is 11.3 Å². The van der Waals surface area contributed by atoms with Gasteiger partial charge in [-0.2, -0.15) is 0 Å². The number of benzene rings is 1. The maximum Gasteiger partial charge on any atom is 0.335 e. The number of carboxylic acid groups (broad SMARTS) is 1. The van der Waals surface area contributed by atoms with Crippen molar-refractivity contribution in [3.05, 3.63) is 28.2 Å². The summed E-state index contributed by atoms with van der Waals surface area (Å²) in [6.07, 6.45) is 1.13. The second-order valence-corrected chi connectivity index (χ2v) is 5.61. The Labute approximate surface area is 126 Å². The summed E-state index contributed by atoms with van der Waals surface area (Å²) in [4.78, 5) is 22.7. The summed E-state index contributed by atoms with van der Waals surface area (Å²) >= 11 is 3.29. The Morgan fingerprint density at radius 1 is 1.35 bits per heavy atom. The zero-order valence-electron chi connectivity index (χ0n) is 11.6. The van der Waals surface area contributed by atoms with Gasteiger partial charge in [0.15, 0.2) is 0 Å². The summed E-state index contributed by atoms with van der Waals surface area (Å²) in [6, 6.07) is 4.93. The normalized spacial score (nSPS) is 10.6. The lowest BCUT2D eigenvalue weighted by Crippen LogP contribution is -2.24. The standard InChI is InChI=1S/C14H19BrN2O3/c1-9(2)16-7-3-4-13(18)17-12-8-10(14(19)20)5-6-11(12)15/h5-6,8-9,16H,3-4,7H2,1-2H3,(H,17,18)(H,19,20). The lowest BCUT2D eigenvalue weighted by molar-refractivity contribution is -0.116. The van der Waals surface area contributed by atoms with E-state index in [1.807, 2.05) is 0 Å². The first-order chi connectivity index (χ1) is 9.40. The molecule has 0 bridgehead atoms. The van der Waals surface area contributed by atoms with Crippen LogP contribution in [0.15, 0.2) is 22.7 Å². The van der Waals surface area contributed by atoms with Crippen LogP contribution in [0.1, 0.15) is 37.0 Å². The van der Waals surface area contributed by atoms with Gasteiger partial charge >= 0.3 is 5.97 Å². The summed E-state index contributed by atoms with van der Waals surface area (Å²) in [6.45, 7) is 4.88. The molecule has 1 aromatic rings. The van der Waals surface area contributed by atoms with Crippen LogP contribution < -0.4 is 10.6 Å². The molecular formula is C14H19BrN2O3. The third-order valence-corrected chi connectivity index (χ3v) is 3.31. The molecule has 0 unspecified atom stereocenters. The van der Waals surface area contributed by atoms with E-state index < -0.39 is 5.97 Å². The van der Waals surface area contributed by atoms with Crippen LogP contribution in [0.4, 0.5) is 5.69 Å². The molecule has 0 saturated carbocycles. The fourth-order valence-corrected chi connectivity index (χ4v) is 1.95. The van der Waals surface area contributed by atoms with Crippen molar-refractivity contribution in [2.45, 2.75) is 32.7 Å². The van der Waals surface area contributed by atoms with Crippen molar-refractivity contribution < 1.29 is 14.7 Å². The number of carboxylic acids is 1. The molecule has 110 valence electrons. The van der Waals surface area contributed by atoms with Crippen molar-refractivity contribution in [3.8, 4) is 0 Å². The van der Waals surface area contributed by atoms with Gasteiger partial charge in [0.2, 0.25) is 5.91 Å². The van der Waals surface area contributed by atoms with Crippen LogP contribution >= 0.6 is 15.9 Å². The molecule has 0 aliphatic carbocycles. The van der Waals surface area contributed by atoms with Crippen LogP contribution in [0, 0.1) is 0 Å². The molecule has 0 radical (unpaired) electrons. The van der Waals surface area contributed by atoms with Crippen LogP contribution in [-0.4, -0.2) is 29.6 Å². The molecule has 0 aliphatic rings. The van der Waals surface area contributed by atoms with Gasteiger partial charge < -0.3 is 15.7 Å². The van der Waals surface area contributed by atoms with Gasteiger partial charge in [-0.1, -0.05) is 13.8 Å². The van der Waals surface area contributed by atoms with Gasteiger partial charge in [-0.3, -0.25) is 4.79 Å². The molecule has 1 aromatic carbocycles. The first kappa shape index (κ1) is 16.7. The molecule has 0 spiro atoms. The number of amides is 1. The minimum Gasteiger partial charge on any atom is -0.478 e. The Morgan fingerprint density at radius 2 is 2.05 bits per heavy atom. The summed E-state index contributed by atoms with van der Waals surface area (Å²) in [7, 11) is 0. The number of halogens is 1. The number of anilines is 1. The second kappa shape index (κ2) is 8.01. The smallest absolute Gasteiger partial charge is 0.335 e. The van der Waals surface area contributed by atoms with Crippen molar-refractivity contribution in [1.29, 1.82) is 0 Å². The molecule has 5 nitrogen and oxygen atoms in total. The van der Waals surface area contributed by atoms with Crippen molar-refractivity contribution in [2.24, 2.45) is 0 Å². The average Bonchev–Trinajstić information content (AvgIpc) is 2.37. The molecule has 0 saturated heterocycles. The Kier molecular flexibility index (Phi) is 6.67. The van der Waals surface area contributed by atoms with Gasteiger partial charge in [-0.25, -0.2) is 4.79 Å². The third kappa shape index (κ3) is 5.71. The number of hydrogen-bond donors (Lipinski definition) is 3. The van der Waals surface area contributed by atoms with Crippen molar-refractivity contribution >= 4 is 33.5 Å². The van der Waals surface area contributed by atoms with Gasteiger partial charge in [0.1, 0.15) is 0 Å². The van der Waals surface area contributed by atoms with E-state index in [0.29, 0.717) is 22.6 Å². The Balaban J connectivity index is 2.53. The molecule has 0 atom stereocenters. The molecule has 6 heteroatoms. The van der Waals surface area contributed by atoms with E-state index in [0.717, 1.165) is 13.0 Å². The first-order valence-electron chi connectivity index (χ1n) is 6.46. The SMILES string of the molecule is CC(C)NCCCC(=O)Nc1cc(C(=O)O)ccc1Br. The minimum absolute atomic E-state index is 0.126. The van der Waals surface area contributed by atoms with Crippen LogP contribution in [0.2, 0.25) is 0 Å². The quantitative estimate of drug-likeness (QED) is 0.665. The van der Waals surface area contributed by atoms with Crippen molar-refractivity contribution in [1.82, 2.24) is 5.32 Å². The molecule has 0 aromatic heterocycles. The maximum atomic E-state index is 11.8. The van der Waals surface area contributed by atoms with Gasteiger partial charge in [-0.15, -0.1) is 0 Å². The number of aromatic carboxylic acids is 1. The Bertz CT molecular complexity index is 489. The predicted octanol–water partition coefficient (Wildman–Crippen LogP) is 2.86. The van der Waals surface area contributed by atoms with Crippen molar-refractivity contribution in [3.63, 3.8) is 0 Å². The largest absolute Gasteiger partial charge is 0.478 e. The number of hydrogen-bond acceptors (Lipinski definition) is 3. The number of nitrogens with one attached hydrogen (secondary N) is 2. The molecule has 0 aliphatic heterocycles. The molecule has 1 amide bonds. The topological polar surface area (TPSA) is 78.4 Å². The molecule has 0 heterocycles. The lowest BCUT2D eigenvalue weighted by Gasteiger charge is -2.10. The predicted molar refractivity (Wildman–Crippen MR) is 82.1 cm³/mol. The molecule has 3 N–H and O–H groups in total. The highest BCUT2D eigenvalue weighted by atomic mass is 79.9. The van der Waals surface area contributed by atoms with E-state index in [1.165, 1.54) is 12.1 Å². The highest BCUT2D eigenvalue weighted by molar-refractivity contribution is 9.10. The summed E-state index contributed by atoms with van der Waals surface area (Å²) < 4.78 is 0.663. The van der Waals surface area contributed by atoms with Gasteiger partial charge in [0, 0.05) is 16.9 Å². The Morgan fingerprint density at radius 3 is 2.65 bits per heavy atom. The highest BCUT2D eigenvalue weighted by Gasteiger charge is 2.09. The fourth-order valence-electron chi connectivity index (χ4n) is 1.61. The van der Waals surface area contributed by atoms with E-state index >= 15 is 0 Å². The van der Waals surface area contributed by atoms with E-state index in [1.54, 1.807) is 6.07 Å². The molecule has 1 rings (SSSR count). The monoisotopic (exact) mass is 342 g/mol. The van der Waals surface area contributed by atoms with Gasteiger partial charge in [0.25, 0.3) is 0 Å². The van der Waals surface area contributed by atoms with Crippen LogP contribution in [-0.2, 0) is 4.79 Å². The first-order valence-corrected chi connectivity index (χ1v) is 7.25. The zero-order valence-corrected chi connectivity index (χ0v) is 13.2. The van der Waals surface area contributed by atoms with Crippen LogP contribution in [0.5, 0.6) is 0 Å². The zero-order chi connectivity index (χ0) is 15.1. The van der Waals surface area contributed by atoms with Crippen molar-refractivity contribution in [2.75, 3.05) is 11.9 Å². The van der Waals surface area contributed by atoms with Crippen LogP contribution in [0.25, 0.3) is 0 Å². The summed E-state index contributed by atoms with van der Waals surface area (Å²) in [5, 5.41) is 14.9. The lowest BCUT2D eigenvalue weighted by atomic mass is 10.2. The molecule has 0 fully saturated rings. The highest BCUT2D eigenvalue weighted by Crippen LogP contribution is 2.23.